The van der Waals surface area contributed by atoms with Gasteiger partial charge >= 0.3 is 0 Å². The van der Waals surface area contributed by atoms with Crippen molar-refractivity contribution in [1.29, 1.82) is 0 Å². The summed E-state index contributed by atoms with van der Waals surface area (Å²) in [6.07, 6.45) is 3.91. The van der Waals surface area contributed by atoms with E-state index in [0.717, 1.165) is 44.1 Å². The normalized spacial score (nSPS) is 19.8. The molecule has 0 amide bonds. The van der Waals surface area contributed by atoms with Crippen molar-refractivity contribution in [2.24, 2.45) is 11.7 Å². The molecule has 5 nitrogen and oxygen atoms in total. The van der Waals surface area contributed by atoms with E-state index in [0.29, 0.717) is 5.92 Å². The SMILES string of the molecule is CC(C)CN(C)c1cc(N2CCCC(N)C2)ncn1. The molecular formula is C14H25N5. The van der Waals surface area contributed by atoms with Gasteiger partial charge in [0.05, 0.1) is 0 Å². The van der Waals surface area contributed by atoms with E-state index in [1.807, 2.05) is 0 Å². The Labute approximate surface area is 115 Å². The number of hydrogen-bond acceptors (Lipinski definition) is 5. The van der Waals surface area contributed by atoms with Crippen LogP contribution >= 0.6 is 0 Å². The molecule has 1 saturated heterocycles. The van der Waals surface area contributed by atoms with Gasteiger partial charge in [-0.25, -0.2) is 9.97 Å². The van der Waals surface area contributed by atoms with Crippen LogP contribution in [0.25, 0.3) is 0 Å². The van der Waals surface area contributed by atoms with Gasteiger partial charge in [0.15, 0.2) is 0 Å². The van der Waals surface area contributed by atoms with E-state index in [1.165, 1.54) is 0 Å². The zero-order valence-electron chi connectivity index (χ0n) is 12.2. The van der Waals surface area contributed by atoms with Crippen molar-refractivity contribution in [2.45, 2.75) is 32.7 Å². The fourth-order valence-corrected chi connectivity index (χ4v) is 2.58. The third-order valence-corrected chi connectivity index (χ3v) is 3.45. The molecule has 5 heteroatoms. The second kappa shape index (κ2) is 6.19. The first kappa shape index (κ1) is 14.1. The zero-order valence-corrected chi connectivity index (χ0v) is 12.2. The first-order valence-electron chi connectivity index (χ1n) is 7.10. The number of hydrogen-bond donors (Lipinski definition) is 1. The monoisotopic (exact) mass is 263 g/mol. The lowest BCUT2D eigenvalue weighted by Crippen LogP contribution is -2.43. The topological polar surface area (TPSA) is 58.3 Å². The van der Waals surface area contributed by atoms with Crippen LogP contribution in [0.1, 0.15) is 26.7 Å². The average Bonchev–Trinajstić information content (AvgIpc) is 2.38. The molecule has 19 heavy (non-hydrogen) atoms. The van der Waals surface area contributed by atoms with Crippen LogP contribution < -0.4 is 15.5 Å². The standard InChI is InChI=1S/C14H25N5/c1-11(2)8-18(3)13-7-14(17-10-16-13)19-6-4-5-12(15)9-19/h7,10-12H,4-6,8-9,15H2,1-3H3. The summed E-state index contributed by atoms with van der Waals surface area (Å²) in [5, 5.41) is 0. The molecule has 0 saturated carbocycles. The molecule has 0 spiro atoms. The molecule has 0 bridgehead atoms. The van der Waals surface area contributed by atoms with Crippen molar-refractivity contribution in [3.05, 3.63) is 12.4 Å². The fourth-order valence-electron chi connectivity index (χ4n) is 2.58. The van der Waals surface area contributed by atoms with Crippen LogP contribution in [0.4, 0.5) is 11.6 Å². The van der Waals surface area contributed by atoms with Gasteiger partial charge < -0.3 is 15.5 Å². The van der Waals surface area contributed by atoms with Gasteiger partial charge in [-0.3, -0.25) is 0 Å². The Morgan fingerprint density at radius 1 is 1.47 bits per heavy atom. The van der Waals surface area contributed by atoms with E-state index in [4.69, 9.17) is 5.73 Å². The number of aromatic nitrogens is 2. The largest absolute Gasteiger partial charge is 0.359 e. The Kier molecular flexibility index (Phi) is 4.58. The minimum Gasteiger partial charge on any atom is -0.359 e. The van der Waals surface area contributed by atoms with Crippen LogP contribution in [0, 0.1) is 5.92 Å². The summed E-state index contributed by atoms with van der Waals surface area (Å²) >= 11 is 0. The summed E-state index contributed by atoms with van der Waals surface area (Å²) in [5.74, 6) is 2.60. The maximum absolute atomic E-state index is 6.03. The molecule has 1 atom stereocenters. The first-order valence-corrected chi connectivity index (χ1v) is 7.10. The minimum atomic E-state index is 0.264. The summed E-state index contributed by atoms with van der Waals surface area (Å²) < 4.78 is 0. The van der Waals surface area contributed by atoms with Gasteiger partial charge in [-0.05, 0) is 18.8 Å². The molecule has 2 rings (SSSR count). The van der Waals surface area contributed by atoms with Crippen LogP contribution in [0.2, 0.25) is 0 Å². The molecule has 2 N–H and O–H groups in total. The highest BCUT2D eigenvalue weighted by molar-refractivity contribution is 5.50. The van der Waals surface area contributed by atoms with Crippen LogP contribution in [0.5, 0.6) is 0 Å². The van der Waals surface area contributed by atoms with E-state index >= 15 is 0 Å². The second-order valence-electron chi connectivity index (χ2n) is 5.86. The molecule has 1 fully saturated rings. The third-order valence-electron chi connectivity index (χ3n) is 3.45. The third kappa shape index (κ3) is 3.80. The summed E-state index contributed by atoms with van der Waals surface area (Å²) in [4.78, 5) is 13.2. The fraction of sp³-hybridized carbons (Fsp3) is 0.714. The van der Waals surface area contributed by atoms with Crippen molar-refractivity contribution in [3.8, 4) is 0 Å². The zero-order chi connectivity index (χ0) is 13.8. The molecule has 0 aliphatic carbocycles. The highest BCUT2D eigenvalue weighted by Gasteiger charge is 2.18. The lowest BCUT2D eigenvalue weighted by atomic mass is 10.1. The predicted octanol–water partition coefficient (Wildman–Crippen LogP) is 1.50. The highest BCUT2D eigenvalue weighted by Crippen LogP contribution is 2.20. The maximum atomic E-state index is 6.03. The Hall–Kier alpha value is -1.36. The molecule has 0 aromatic carbocycles. The van der Waals surface area contributed by atoms with Gasteiger partial charge in [-0.15, -0.1) is 0 Å². The van der Waals surface area contributed by atoms with E-state index < -0.39 is 0 Å². The van der Waals surface area contributed by atoms with Crippen LogP contribution in [-0.4, -0.2) is 42.7 Å². The average molecular weight is 263 g/mol. The van der Waals surface area contributed by atoms with E-state index in [2.05, 4.69) is 46.7 Å². The lowest BCUT2D eigenvalue weighted by molar-refractivity contribution is 0.503. The molecule has 0 radical (unpaired) electrons. The molecule has 106 valence electrons. The van der Waals surface area contributed by atoms with Crippen molar-refractivity contribution in [3.63, 3.8) is 0 Å². The van der Waals surface area contributed by atoms with Crippen molar-refractivity contribution in [2.75, 3.05) is 36.5 Å². The van der Waals surface area contributed by atoms with Gasteiger partial charge in [0.1, 0.15) is 18.0 Å². The van der Waals surface area contributed by atoms with E-state index in [9.17, 15) is 0 Å². The van der Waals surface area contributed by atoms with E-state index in [-0.39, 0.29) is 6.04 Å². The summed E-state index contributed by atoms with van der Waals surface area (Å²) in [5.41, 5.74) is 6.03. The van der Waals surface area contributed by atoms with Crippen LogP contribution in [0.15, 0.2) is 12.4 Å². The molecule has 1 unspecified atom stereocenters. The number of piperidine rings is 1. The molecular weight excluding hydrogens is 238 g/mol. The van der Waals surface area contributed by atoms with E-state index in [1.54, 1.807) is 6.33 Å². The summed E-state index contributed by atoms with van der Waals surface area (Å²) in [6.45, 7) is 7.35. The summed E-state index contributed by atoms with van der Waals surface area (Å²) in [7, 11) is 2.08. The van der Waals surface area contributed by atoms with Gasteiger partial charge in [0.25, 0.3) is 0 Å². The Balaban J connectivity index is 2.10. The smallest absolute Gasteiger partial charge is 0.134 e. The molecule has 1 aliphatic rings. The lowest BCUT2D eigenvalue weighted by Gasteiger charge is -2.32. The number of nitrogens with zero attached hydrogens (tertiary/aromatic N) is 4. The van der Waals surface area contributed by atoms with Gasteiger partial charge in [-0.1, -0.05) is 13.8 Å². The Bertz CT molecular complexity index is 407. The summed E-state index contributed by atoms with van der Waals surface area (Å²) in [6, 6.07) is 2.33. The molecule has 1 aliphatic heterocycles. The van der Waals surface area contributed by atoms with Gasteiger partial charge in [-0.2, -0.15) is 0 Å². The number of anilines is 2. The van der Waals surface area contributed by atoms with Crippen molar-refractivity contribution in [1.82, 2.24) is 9.97 Å². The quantitative estimate of drug-likeness (QED) is 0.892. The van der Waals surface area contributed by atoms with Crippen LogP contribution in [-0.2, 0) is 0 Å². The second-order valence-corrected chi connectivity index (χ2v) is 5.86. The molecule has 2 heterocycles. The number of nitrogens with two attached hydrogens (primary N) is 1. The maximum Gasteiger partial charge on any atom is 0.134 e. The molecule has 1 aromatic rings. The van der Waals surface area contributed by atoms with Crippen molar-refractivity contribution >= 4 is 11.6 Å². The minimum absolute atomic E-state index is 0.264. The number of rotatable bonds is 4. The highest BCUT2D eigenvalue weighted by atomic mass is 15.2. The predicted molar refractivity (Wildman–Crippen MR) is 79.6 cm³/mol. The van der Waals surface area contributed by atoms with Crippen molar-refractivity contribution < 1.29 is 0 Å². The van der Waals surface area contributed by atoms with Crippen LogP contribution in [0.3, 0.4) is 0 Å². The van der Waals surface area contributed by atoms with Gasteiger partial charge in [0.2, 0.25) is 0 Å². The molecule has 1 aromatic heterocycles. The Morgan fingerprint density at radius 3 is 2.95 bits per heavy atom. The van der Waals surface area contributed by atoms with Gasteiger partial charge in [0, 0.05) is 38.8 Å². The first-order chi connectivity index (χ1) is 9.06. The Morgan fingerprint density at radius 2 is 2.26 bits per heavy atom.